The Morgan fingerprint density at radius 2 is 1.52 bits per heavy atom. The van der Waals surface area contributed by atoms with Crippen LogP contribution in [0.15, 0.2) is 54.9 Å². The largest absolute Gasteiger partial charge is 0.450 e. The van der Waals surface area contributed by atoms with E-state index in [0.717, 1.165) is 38.8 Å². The van der Waals surface area contributed by atoms with Crippen molar-refractivity contribution in [1.29, 1.82) is 0 Å². The van der Waals surface area contributed by atoms with Crippen LogP contribution in [0.25, 0.3) is 22.3 Å². The normalized spacial score (nSPS) is 18.5. The summed E-state index contributed by atoms with van der Waals surface area (Å²) in [7, 11) is 0. The molecule has 2 amide bonds. The maximum atomic E-state index is 12.9. The zero-order valence-corrected chi connectivity index (χ0v) is 30.5. The number of carbonyl (C=O) groups excluding carboxylic acids is 2. The highest BCUT2D eigenvalue weighted by Gasteiger charge is 2.34. The molecule has 1 aliphatic heterocycles. The number of fused-ring (bicyclic) bond motifs is 1. The predicted molar refractivity (Wildman–Crippen MR) is 194 cm³/mol. The van der Waals surface area contributed by atoms with Crippen molar-refractivity contribution in [1.82, 2.24) is 29.5 Å². The van der Waals surface area contributed by atoms with Gasteiger partial charge in [0.05, 0.1) is 16.4 Å². The van der Waals surface area contributed by atoms with Gasteiger partial charge in [-0.3, -0.25) is 20.3 Å². The van der Waals surface area contributed by atoms with Crippen LogP contribution >= 0.6 is 0 Å². The number of nitro benzene ring substituents is 1. The Hall–Kier alpha value is -5.31. The lowest BCUT2D eigenvalue weighted by molar-refractivity contribution is -0.385. The van der Waals surface area contributed by atoms with Crippen molar-refractivity contribution >= 4 is 34.7 Å². The molecule has 276 valence electrons. The number of hydrogen-bond donors (Lipinski definition) is 1. The van der Waals surface area contributed by atoms with Crippen molar-refractivity contribution in [3.63, 3.8) is 0 Å². The zero-order chi connectivity index (χ0) is 37.2. The smallest absolute Gasteiger partial charge is 0.413 e. The van der Waals surface area contributed by atoms with Crippen LogP contribution in [0.4, 0.5) is 21.1 Å². The van der Waals surface area contributed by atoms with Gasteiger partial charge < -0.3 is 19.1 Å². The van der Waals surface area contributed by atoms with Gasteiger partial charge in [0.15, 0.2) is 11.5 Å². The molecule has 0 spiro atoms. The molecule has 1 N–H and O–H groups in total. The lowest BCUT2D eigenvalue weighted by Gasteiger charge is -2.42. The number of benzene rings is 2. The summed E-state index contributed by atoms with van der Waals surface area (Å²) < 4.78 is 18.8. The minimum absolute atomic E-state index is 0.0181. The second-order valence-corrected chi connectivity index (χ2v) is 15.2. The van der Waals surface area contributed by atoms with Crippen molar-refractivity contribution < 1.29 is 28.7 Å². The van der Waals surface area contributed by atoms with Gasteiger partial charge in [-0.2, -0.15) is 5.10 Å². The lowest BCUT2D eigenvalue weighted by Crippen LogP contribution is -2.53. The first-order valence-corrected chi connectivity index (χ1v) is 17.6. The summed E-state index contributed by atoms with van der Waals surface area (Å²) in [5.41, 5.74) is -0.201. The molecule has 6 rings (SSSR count). The molecule has 1 aliphatic carbocycles. The molecule has 2 fully saturated rings. The van der Waals surface area contributed by atoms with E-state index in [0.29, 0.717) is 47.2 Å². The third kappa shape index (κ3) is 8.58. The monoisotopic (exact) mass is 714 g/mol. The van der Waals surface area contributed by atoms with Gasteiger partial charge in [-0.1, -0.05) is 18.2 Å². The van der Waals surface area contributed by atoms with E-state index in [1.165, 1.54) is 12.4 Å². The Balaban J connectivity index is 1.27. The highest BCUT2D eigenvalue weighted by molar-refractivity contribution is 6.03. The summed E-state index contributed by atoms with van der Waals surface area (Å²) in [5.74, 6) is 0.729. The quantitative estimate of drug-likeness (QED) is 0.148. The molecule has 15 heteroatoms. The third-order valence-electron chi connectivity index (χ3n) is 9.00. The summed E-state index contributed by atoms with van der Waals surface area (Å²) in [6.07, 6.45) is 3.86. The molecule has 15 nitrogen and oxygen atoms in total. The maximum Gasteiger partial charge on any atom is 0.413 e. The molecular weight excluding hydrogens is 668 g/mol. The van der Waals surface area contributed by atoms with Crippen LogP contribution in [0.2, 0.25) is 0 Å². The van der Waals surface area contributed by atoms with Gasteiger partial charge in [-0.25, -0.2) is 24.2 Å². The van der Waals surface area contributed by atoms with E-state index in [1.807, 2.05) is 31.5 Å². The standard InChI is InChI=1S/C37H46N8O7/c1-36(2,3)51-34(46)40-32-30-31(24-12-17-29(28(22-24)45(48)49)50-27-10-8-7-9-11-27)41-44(33(30)39-23-38-32)26-15-13-25(14-16-26)42-18-20-43(21-19-42)35(47)52-37(4,5)6/h7-12,17,22-23,25-26H,13-16,18-21H2,1-6H3,(H,38,39,40,46). The van der Waals surface area contributed by atoms with Crippen LogP contribution in [-0.4, -0.2) is 90.1 Å². The molecule has 2 aliphatic rings. The second kappa shape index (κ2) is 14.7. The van der Waals surface area contributed by atoms with E-state index < -0.39 is 22.2 Å². The van der Waals surface area contributed by atoms with Crippen LogP contribution < -0.4 is 10.1 Å². The minimum Gasteiger partial charge on any atom is -0.450 e. The molecule has 1 saturated carbocycles. The number of rotatable bonds is 7. The second-order valence-electron chi connectivity index (χ2n) is 15.2. The van der Waals surface area contributed by atoms with Crippen LogP contribution in [0.3, 0.4) is 0 Å². The molecule has 0 bridgehead atoms. The molecule has 3 heterocycles. The van der Waals surface area contributed by atoms with Gasteiger partial charge in [-0.15, -0.1) is 0 Å². The molecule has 0 unspecified atom stereocenters. The SMILES string of the molecule is CC(C)(C)OC(=O)Nc1ncnc2c1c(-c1ccc(Oc3ccccc3)c([N+](=O)[O-])c1)nn2C1CCC(N2CCN(C(=O)OC(C)(C)C)CC2)CC1. The highest BCUT2D eigenvalue weighted by Crippen LogP contribution is 2.41. The van der Waals surface area contributed by atoms with E-state index >= 15 is 0 Å². The summed E-state index contributed by atoms with van der Waals surface area (Å²) in [5, 5.41) is 20.5. The number of piperazine rings is 1. The number of nitro groups is 1. The Kier molecular flexibility index (Phi) is 10.3. The number of hydrogen-bond acceptors (Lipinski definition) is 11. The third-order valence-corrected chi connectivity index (χ3v) is 9.00. The topological polar surface area (TPSA) is 167 Å². The predicted octanol–water partition coefficient (Wildman–Crippen LogP) is 7.58. The highest BCUT2D eigenvalue weighted by atomic mass is 16.6. The Bertz CT molecular complexity index is 1920. The molecule has 0 radical (unpaired) electrons. The van der Waals surface area contributed by atoms with Gasteiger partial charge in [-0.05, 0) is 91.5 Å². The van der Waals surface area contributed by atoms with Crippen LogP contribution in [0.1, 0.15) is 73.3 Å². The fourth-order valence-corrected chi connectivity index (χ4v) is 6.70. The van der Waals surface area contributed by atoms with Gasteiger partial charge >= 0.3 is 17.9 Å². The number of nitrogens with zero attached hydrogens (tertiary/aromatic N) is 7. The minimum atomic E-state index is -0.751. The first-order valence-electron chi connectivity index (χ1n) is 17.6. The maximum absolute atomic E-state index is 12.9. The average molecular weight is 715 g/mol. The fourth-order valence-electron chi connectivity index (χ4n) is 6.70. The molecule has 2 aromatic carbocycles. The van der Waals surface area contributed by atoms with Crippen molar-refractivity contribution in [2.24, 2.45) is 0 Å². The summed E-state index contributed by atoms with van der Waals surface area (Å²) >= 11 is 0. The van der Waals surface area contributed by atoms with Crippen LogP contribution in [-0.2, 0) is 9.47 Å². The number of carbonyl (C=O) groups is 2. The first kappa shape index (κ1) is 36.5. The molecule has 52 heavy (non-hydrogen) atoms. The number of anilines is 1. The van der Waals surface area contributed by atoms with Gasteiger partial charge in [0.25, 0.3) is 0 Å². The first-order chi connectivity index (χ1) is 24.6. The van der Waals surface area contributed by atoms with Gasteiger partial charge in [0.2, 0.25) is 5.75 Å². The Morgan fingerprint density at radius 3 is 2.15 bits per heavy atom. The fraction of sp³-hybridized carbons (Fsp3) is 0.486. The molecule has 4 aromatic rings. The Morgan fingerprint density at radius 1 is 0.865 bits per heavy atom. The van der Waals surface area contributed by atoms with E-state index in [4.69, 9.17) is 19.3 Å². The molecule has 2 aromatic heterocycles. The number of ether oxygens (including phenoxy) is 3. The van der Waals surface area contributed by atoms with E-state index in [9.17, 15) is 19.7 Å². The molecular formula is C37H46N8O7. The van der Waals surface area contributed by atoms with Gasteiger partial charge in [0, 0.05) is 43.9 Å². The summed E-state index contributed by atoms with van der Waals surface area (Å²) in [4.78, 5) is 50.6. The Labute approximate surface area is 302 Å². The summed E-state index contributed by atoms with van der Waals surface area (Å²) in [6, 6.07) is 13.9. The van der Waals surface area contributed by atoms with Gasteiger partial charge in [0.1, 0.15) is 29.0 Å². The number of para-hydroxylation sites is 1. The van der Waals surface area contributed by atoms with E-state index in [-0.39, 0.29) is 29.4 Å². The van der Waals surface area contributed by atoms with E-state index in [1.54, 1.807) is 62.1 Å². The van der Waals surface area contributed by atoms with E-state index in [2.05, 4.69) is 20.2 Å². The van der Waals surface area contributed by atoms with Crippen molar-refractivity contribution in [3.8, 4) is 22.8 Å². The number of amides is 2. The number of nitrogens with one attached hydrogen (secondary N) is 1. The van der Waals surface area contributed by atoms with Crippen LogP contribution in [0, 0.1) is 10.1 Å². The van der Waals surface area contributed by atoms with Crippen molar-refractivity contribution in [2.75, 3.05) is 31.5 Å². The number of aromatic nitrogens is 4. The lowest BCUT2D eigenvalue weighted by atomic mass is 9.90. The molecule has 0 atom stereocenters. The van der Waals surface area contributed by atoms with Crippen molar-refractivity contribution in [3.05, 3.63) is 65.0 Å². The van der Waals surface area contributed by atoms with Crippen molar-refractivity contribution in [2.45, 2.75) is 90.5 Å². The summed E-state index contributed by atoms with van der Waals surface area (Å²) in [6.45, 7) is 13.7. The molecule has 1 saturated heterocycles. The zero-order valence-electron chi connectivity index (χ0n) is 30.5. The van der Waals surface area contributed by atoms with Crippen LogP contribution in [0.5, 0.6) is 11.5 Å². The average Bonchev–Trinajstić information content (AvgIpc) is 3.48.